The summed E-state index contributed by atoms with van der Waals surface area (Å²) in [6.07, 6.45) is 2.78. The van der Waals surface area contributed by atoms with Gasteiger partial charge in [0.05, 0.1) is 13.0 Å². The van der Waals surface area contributed by atoms with Gasteiger partial charge in [0.2, 0.25) is 0 Å². The zero-order valence-corrected chi connectivity index (χ0v) is 10.7. The van der Waals surface area contributed by atoms with E-state index in [9.17, 15) is 9.59 Å². The number of ether oxygens (including phenoxy) is 1. The highest BCUT2D eigenvalue weighted by molar-refractivity contribution is 7.81. The highest BCUT2D eigenvalue weighted by Gasteiger charge is 2.17. The number of carbonyl (C=O) groups is 2. The SMILES string of the molecule is CC(C)CCCCOC(=O)CC(S)C(=O)O. The third-order valence-electron chi connectivity index (χ3n) is 2.08. The summed E-state index contributed by atoms with van der Waals surface area (Å²) in [4.78, 5) is 21.5. The minimum absolute atomic E-state index is 0.178. The van der Waals surface area contributed by atoms with Crippen LogP contribution in [-0.2, 0) is 14.3 Å². The molecule has 1 atom stereocenters. The fourth-order valence-corrected chi connectivity index (χ4v) is 1.29. The van der Waals surface area contributed by atoms with Gasteiger partial charge in [0.1, 0.15) is 5.25 Å². The highest BCUT2D eigenvalue weighted by atomic mass is 32.1. The molecule has 1 N–H and O–H groups in total. The van der Waals surface area contributed by atoms with Gasteiger partial charge in [0.15, 0.2) is 0 Å². The second-order valence-corrected chi connectivity index (χ2v) is 4.79. The standard InChI is InChI=1S/C11H20O4S/c1-8(2)5-3-4-6-15-10(12)7-9(16)11(13)14/h8-9,16H,3-7H2,1-2H3,(H,13,14). The summed E-state index contributed by atoms with van der Waals surface area (Å²) in [6.45, 7) is 4.65. The number of unbranched alkanes of at least 4 members (excludes halogenated alkanes) is 1. The third-order valence-corrected chi connectivity index (χ3v) is 2.49. The van der Waals surface area contributed by atoms with Crippen LogP contribution in [0.15, 0.2) is 0 Å². The molecule has 1 unspecified atom stereocenters. The number of thiol groups is 1. The average Bonchev–Trinajstić information content (AvgIpc) is 2.16. The van der Waals surface area contributed by atoms with Crippen molar-refractivity contribution in [3.05, 3.63) is 0 Å². The van der Waals surface area contributed by atoms with Gasteiger partial charge < -0.3 is 9.84 Å². The molecular weight excluding hydrogens is 228 g/mol. The Kier molecular flexibility index (Phi) is 8.07. The van der Waals surface area contributed by atoms with E-state index in [0.29, 0.717) is 12.5 Å². The van der Waals surface area contributed by atoms with Crippen LogP contribution >= 0.6 is 12.6 Å². The van der Waals surface area contributed by atoms with Crippen LogP contribution in [0.1, 0.15) is 39.5 Å². The number of aliphatic carboxylic acids is 1. The first-order chi connectivity index (χ1) is 7.43. The lowest BCUT2D eigenvalue weighted by Gasteiger charge is -2.07. The molecule has 0 fully saturated rings. The van der Waals surface area contributed by atoms with E-state index in [-0.39, 0.29) is 6.42 Å². The van der Waals surface area contributed by atoms with Crippen LogP contribution in [0.2, 0.25) is 0 Å². The molecule has 94 valence electrons. The van der Waals surface area contributed by atoms with E-state index < -0.39 is 17.2 Å². The summed E-state index contributed by atoms with van der Waals surface area (Å²) in [6, 6.07) is 0. The summed E-state index contributed by atoms with van der Waals surface area (Å²) < 4.78 is 4.89. The predicted octanol–water partition coefficient (Wildman–Crippen LogP) is 2.13. The van der Waals surface area contributed by atoms with Gasteiger partial charge in [0, 0.05) is 0 Å². The van der Waals surface area contributed by atoms with Gasteiger partial charge in [0.25, 0.3) is 0 Å². The summed E-state index contributed by atoms with van der Waals surface area (Å²) in [7, 11) is 0. The number of carboxylic acid groups (broad SMARTS) is 1. The van der Waals surface area contributed by atoms with Crippen molar-refractivity contribution in [2.75, 3.05) is 6.61 Å². The van der Waals surface area contributed by atoms with Crippen molar-refractivity contribution < 1.29 is 19.4 Å². The Bertz CT molecular complexity index is 228. The van der Waals surface area contributed by atoms with E-state index in [2.05, 4.69) is 26.5 Å². The van der Waals surface area contributed by atoms with Crippen LogP contribution in [0.25, 0.3) is 0 Å². The molecular formula is C11H20O4S. The molecule has 0 saturated carbocycles. The van der Waals surface area contributed by atoms with E-state index in [1.807, 2.05) is 0 Å². The molecule has 0 bridgehead atoms. The minimum atomic E-state index is -1.10. The molecule has 0 aliphatic rings. The van der Waals surface area contributed by atoms with Gasteiger partial charge in [-0.05, 0) is 18.8 Å². The number of hydrogen-bond acceptors (Lipinski definition) is 4. The van der Waals surface area contributed by atoms with Crippen LogP contribution in [0.3, 0.4) is 0 Å². The van der Waals surface area contributed by atoms with Gasteiger partial charge in [-0.15, -0.1) is 0 Å². The fraction of sp³-hybridized carbons (Fsp3) is 0.818. The lowest BCUT2D eigenvalue weighted by atomic mass is 10.1. The second-order valence-electron chi connectivity index (χ2n) is 4.17. The lowest BCUT2D eigenvalue weighted by Crippen LogP contribution is -2.19. The summed E-state index contributed by atoms with van der Waals surface area (Å²) in [5.41, 5.74) is 0. The fourth-order valence-electron chi connectivity index (χ4n) is 1.14. The molecule has 0 radical (unpaired) electrons. The lowest BCUT2D eigenvalue weighted by molar-refractivity contribution is -0.147. The molecule has 0 amide bonds. The normalized spacial score (nSPS) is 12.5. The van der Waals surface area contributed by atoms with Crippen molar-refractivity contribution in [1.82, 2.24) is 0 Å². The molecule has 0 aromatic rings. The van der Waals surface area contributed by atoms with Gasteiger partial charge in [-0.2, -0.15) is 12.6 Å². The van der Waals surface area contributed by atoms with E-state index in [0.717, 1.165) is 19.3 Å². The van der Waals surface area contributed by atoms with Gasteiger partial charge in [-0.1, -0.05) is 20.3 Å². The molecule has 0 aliphatic carbocycles. The van der Waals surface area contributed by atoms with Crippen molar-refractivity contribution in [2.45, 2.75) is 44.8 Å². The minimum Gasteiger partial charge on any atom is -0.480 e. The molecule has 0 heterocycles. The summed E-state index contributed by atoms with van der Waals surface area (Å²) >= 11 is 3.75. The Hall–Kier alpha value is -0.710. The topological polar surface area (TPSA) is 63.6 Å². The maximum atomic E-state index is 11.1. The zero-order chi connectivity index (χ0) is 12.6. The Morgan fingerprint density at radius 1 is 1.31 bits per heavy atom. The highest BCUT2D eigenvalue weighted by Crippen LogP contribution is 2.07. The first kappa shape index (κ1) is 15.3. The summed E-state index contributed by atoms with van der Waals surface area (Å²) in [5.74, 6) is -0.934. The number of carboxylic acids is 1. The number of hydrogen-bond donors (Lipinski definition) is 2. The third kappa shape index (κ3) is 8.59. The van der Waals surface area contributed by atoms with Gasteiger partial charge >= 0.3 is 11.9 Å². The molecule has 0 aromatic carbocycles. The van der Waals surface area contributed by atoms with Crippen LogP contribution in [0, 0.1) is 5.92 Å². The van der Waals surface area contributed by atoms with Gasteiger partial charge in [-0.3, -0.25) is 9.59 Å². The number of rotatable bonds is 8. The molecule has 16 heavy (non-hydrogen) atoms. The zero-order valence-electron chi connectivity index (χ0n) is 9.81. The molecule has 0 spiro atoms. The monoisotopic (exact) mass is 248 g/mol. The van der Waals surface area contributed by atoms with Crippen LogP contribution in [-0.4, -0.2) is 28.9 Å². The molecule has 4 nitrogen and oxygen atoms in total. The molecule has 0 rings (SSSR count). The van der Waals surface area contributed by atoms with Crippen molar-refractivity contribution in [3.63, 3.8) is 0 Å². The Labute approximate surface area is 102 Å². The van der Waals surface area contributed by atoms with Crippen molar-refractivity contribution >= 4 is 24.6 Å². The smallest absolute Gasteiger partial charge is 0.316 e. The second kappa shape index (κ2) is 8.44. The average molecular weight is 248 g/mol. The van der Waals surface area contributed by atoms with Crippen molar-refractivity contribution in [1.29, 1.82) is 0 Å². The molecule has 0 saturated heterocycles. The Morgan fingerprint density at radius 3 is 2.44 bits per heavy atom. The molecule has 0 aliphatic heterocycles. The van der Waals surface area contributed by atoms with Crippen LogP contribution < -0.4 is 0 Å². The van der Waals surface area contributed by atoms with E-state index in [1.54, 1.807) is 0 Å². The Morgan fingerprint density at radius 2 is 1.94 bits per heavy atom. The van der Waals surface area contributed by atoms with Crippen LogP contribution in [0.5, 0.6) is 0 Å². The largest absolute Gasteiger partial charge is 0.480 e. The molecule has 5 heteroatoms. The quantitative estimate of drug-likeness (QED) is 0.392. The van der Waals surface area contributed by atoms with Crippen LogP contribution in [0.4, 0.5) is 0 Å². The first-order valence-electron chi connectivity index (χ1n) is 5.50. The molecule has 0 aromatic heterocycles. The number of esters is 1. The predicted molar refractivity (Wildman–Crippen MR) is 64.7 cm³/mol. The van der Waals surface area contributed by atoms with Crippen molar-refractivity contribution in [2.24, 2.45) is 5.92 Å². The van der Waals surface area contributed by atoms with E-state index in [4.69, 9.17) is 9.84 Å². The van der Waals surface area contributed by atoms with E-state index >= 15 is 0 Å². The Balaban J connectivity index is 3.48. The maximum absolute atomic E-state index is 11.1. The number of carbonyl (C=O) groups excluding carboxylic acids is 1. The summed E-state index contributed by atoms with van der Waals surface area (Å²) in [5, 5.41) is 7.55. The van der Waals surface area contributed by atoms with Crippen molar-refractivity contribution in [3.8, 4) is 0 Å². The van der Waals surface area contributed by atoms with E-state index in [1.165, 1.54) is 0 Å². The first-order valence-corrected chi connectivity index (χ1v) is 6.01. The maximum Gasteiger partial charge on any atom is 0.316 e. The van der Waals surface area contributed by atoms with Gasteiger partial charge in [-0.25, -0.2) is 0 Å².